The van der Waals surface area contributed by atoms with Crippen molar-refractivity contribution < 1.29 is 8.78 Å². The van der Waals surface area contributed by atoms with Crippen LogP contribution in [-0.2, 0) is 0 Å². The molecule has 1 aromatic heterocycles. The van der Waals surface area contributed by atoms with Crippen molar-refractivity contribution in [3.63, 3.8) is 0 Å². The molecule has 0 fully saturated rings. The van der Waals surface area contributed by atoms with Crippen LogP contribution < -0.4 is 0 Å². The summed E-state index contributed by atoms with van der Waals surface area (Å²) >= 11 is 9.48. The topological polar surface area (TPSA) is 25.8 Å². The summed E-state index contributed by atoms with van der Waals surface area (Å²) in [7, 11) is 0. The van der Waals surface area contributed by atoms with Gasteiger partial charge in [-0.05, 0) is 36.8 Å². The van der Waals surface area contributed by atoms with Crippen molar-refractivity contribution in [2.24, 2.45) is 0 Å². The molecule has 0 saturated heterocycles. The Labute approximate surface area is 132 Å². The van der Waals surface area contributed by atoms with Crippen LogP contribution in [0.15, 0.2) is 34.8 Å². The van der Waals surface area contributed by atoms with E-state index in [-0.39, 0.29) is 16.5 Å². The van der Waals surface area contributed by atoms with Crippen LogP contribution >= 0.6 is 27.5 Å². The van der Waals surface area contributed by atoms with E-state index >= 15 is 0 Å². The third-order valence-corrected chi connectivity index (χ3v) is 3.88. The number of fused-ring (bicyclic) bond motifs is 1. The van der Waals surface area contributed by atoms with Gasteiger partial charge in [-0.3, -0.25) is 0 Å². The highest BCUT2D eigenvalue weighted by Crippen LogP contribution is 2.29. The van der Waals surface area contributed by atoms with E-state index < -0.39 is 11.6 Å². The van der Waals surface area contributed by atoms with Crippen LogP contribution in [0.2, 0.25) is 5.15 Å². The molecule has 0 aliphatic carbocycles. The molecule has 0 atom stereocenters. The molecule has 106 valence electrons. The predicted octanol–water partition coefficient (Wildman–Crippen LogP) is 5.30. The van der Waals surface area contributed by atoms with Crippen molar-refractivity contribution in [1.29, 1.82) is 0 Å². The SMILES string of the molecule is Cc1cc(-c2nc(Cl)c3cc(Br)ccc3n2)c(F)cc1F. The van der Waals surface area contributed by atoms with E-state index in [4.69, 9.17) is 11.6 Å². The van der Waals surface area contributed by atoms with E-state index in [2.05, 4.69) is 25.9 Å². The highest BCUT2D eigenvalue weighted by molar-refractivity contribution is 9.10. The van der Waals surface area contributed by atoms with Gasteiger partial charge in [-0.25, -0.2) is 18.7 Å². The van der Waals surface area contributed by atoms with E-state index in [1.54, 1.807) is 19.1 Å². The first-order valence-corrected chi connectivity index (χ1v) is 7.21. The highest BCUT2D eigenvalue weighted by Gasteiger charge is 2.14. The molecule has 0 aliphatic rings. The Kier molecular flexibility index (Phi) is 3.63. The second-order valence-corrected chi connectivity index (χ2v) is 5.85. The fourth-order valence-electron chi connectivity index (χ4n) is 2.01. The van der Waals surface area contributed by atoms with Crippen LogP contribution in [0.5, 0.6) is 0 Å². The van der Waals surface area contributed by atoms with Gasteiger partial charge in [-0.1, -0.05) is 27.5 Å². The summed E-state index contributed by atoms with van der Waals surface area (Å²) in [6.07, 6.45) is 0. The molecule has 0 saturated carbocycles. The molecule has 0 aliphatic heterocycles. The zero-order valence-corrected chi connectivity index (χ0v) is 13.1. The molecule has 2 aromatic carbocycles. The zero-order valence-electron chi connectivity index (χ0n) is 10.8. The summed E-state index contributed by atoms with van der Waals surface area (Å²) in [5.41, 5.74) is 1.04. The maximum atomic E-state index is 13.9. The molecule has 0 unspecified atom stereocenters. The van der Waals surface area contributed by atoms with Crippen molar-refractivity contribution in [2.45, 2.75) is 6.92 Å². The third-order valence-electron chi connectivity index (χ3n) is 3.10. The quantitative estimate of drug-likeness (QED) is 0.544. The minimum absolute atomic E-state index is 0.126. The smallest absolute Gasteiger partial charge is 0.164 e. The molecule has 0 radical (unpaired) electrons. The summed E-state index contributed by atoms with van der Waals surface area (Å²) in [5, 5.41) is 0.881. The maximum absolute atomic E-state index is 13.9. The number of hydrogen-bond acceptors (Lipinski definition) is 2. The highest BCUT2D eigenvalue weighted by atomic mass is 79.9. The first-order chi connectivity index (χ1) is 9.95. The fraction of sp³-hybridized carbons (Fsp3) is 0.0667. The lowest BCUT2D eigenvalue weighted by atomic mass is 10.1. The predicted molar refractivity (Wildman–Crippen MR) is 82.3 cm³/mol. The van der Waals surface area contributed by atoms with E-state index in [0.29, 0.717) is 16.5 Å². The Hall–Kier alpha value is -1.59. The lowest BCUT2D eigenvalue weighted by Gasteiger charge is -2.07. The Morgan fingerprint density at radius 2 is 1.81 bits per heavy atom. The van der Waals surface area contributed by atoms with Crippen molar-refractivity contribution >= 4 is 38.4 Å². The molecule has 2 nitrogen and oxygen atoms in total. The summed E-state index contributed by atoms with van der Waals surface area (Å²) in [6, 6.07) is 7.55. The van der Waals surface area contributed by atoms with Gasteiger partial charge < -0.3 is 0 Å². The minimum Gasteiger partial charge on any atom is -0.228 e. The number of aromatic nitrogens is 2. The number of hydrogen-bond donors (Lipinski definition) is 0. The fourth-order valence-corrected chi connectivity index (χ4v) is 2.60. The van der Waals surface area contributed by atoms with Crippen LogP contribution in [0.1, 0.15) is 5.56 Å². The summed E-state index contributed by atoms with van der Waals surface area (Å²) in [6.45, 7) is 1.55. The maximum Gasteiger partial charge on any atom is 0.164 e. The first-order valence-electron chi connectivity index (χ1n) is 6.04. The van der Waals surface area contributed by atoms with Gasteiger partial charge in [0, 0.05) is 15.9 Å². The Balaban J connectivity index is 2.26. The number of rotatable bonds is 1. The van der Waals surface area contributed by atoms with Gasteiger partial charge in [-0.15, -0.1) is 0 Å². The second-order valence-electron chi connectivity index (χ2n) is 4.58. The average Bonchev–Trinajstić information content (AvgIpc) is 2.43. The summed E-state index contributed by atoms with van der Waals surface area (Å²) < 4.78 is 28.1. The second kappa shape index (κ2) is 5.31. The van der Waals surface area contributed by atoms with E-state index in [1.165, 1.54) is 6.07 Å². The lowest BCUT2D eigenvalue weighted by molar-refractivity contribution is 0.579. The third kappa shape index (κ3) is 2.63. The van der Waals surface area contributed by atoms with Gasteiger partial charge >= 0.3 is 0 Å². The first kappa shape index (κ1) is 14.4. The molecule has 0 N–H and O–H groups in total. The summed E-state index contributed by atoms with van der Waals surface area (Å²) in [5.74, 6) is -1.19. The van der Waals surface area contributed by atoms with Gasteiger partial charge in [-0.2, -0.15) is 0 Å². The largest absolute Gasteiger partial charge is 0.228 e. The Morgan fingerprint density at radius 1 is 1.05 bits per heavy atom. The molecule has 6 heteroatoms. The van der Waals surface area contributed by atoms with Crippen LogP contribution in [0.4, 0.5) is 8.78 Å². The lowest BCUT2D eigenvalue weighted by Crippen LogP contribution is -1.96. The molecule has 3 aromatic rings. The van der Waals surface area contributed by atoms with Crippen LogP contribution in [-0.4, -0.2) is 9.97 Å². The van der Waals surface area contributed by atoms with Gasteiger partial charge in [0.25, 0.3) is 0 Å². The molecule has 21 heavy (non-hydrogen) atoms. The monoisotopic (exact) mass is 368 g/mol. The molecular weight excluding hydrogens is 362 g/mol. The zero-order chi connectivity index (χ0) is 15.1. The number of halogens is 4. The van der Waals surface area contributed by atoms with Crippen molar-refractivity contribution in [2.75, 3.05) is 0 Å². The molecule has 0 bridgehead atoms. The van der Waals surface area contributed by atoms with Crippen molar-refractivity contribution in [3.8, 4) is 11.4 Å². The number of nitrogens with zero attached hydrogens (tertiary/aromatic N) is 2. The molecular formula is C15H8BrClF2N2. The van der Waals surface area contributed by atoms with Gasteiger partial charge in [0.1, 0.15) is 16.8 Å². The Bertz CT molecular complexity index is 868. The van der Waals surface area contributed by atoms with Crippen molar-refractivity contribution in [3.05, 3.63) is 57.2 Å². The molecule has 1 heterocycles. The van der Waals surface area contributed by atoms with Gasteiger partial charge in [0.2, 0.25) is 0 Å². The van der Waals surface area contributed by atoms with Gasteiger partial charge in [0.05, 0.1) is 11.1 Å². The Morgan fingerprint density at radius 3 is 2.57 bits per heavy atom. The van der Waals surface area contributed by atoms with Crippen molar-refractivity contribution in [1.82, 2.24) is 9.97 Å². The van der Waals surface area contributed by atoms with Gasteiger partial charge in [0.15, 0.2) is 5.82 Å². The van der Waals surface area contributed by atoms with E-state index in [1.807, 2.05) is 6.07 Å². The van der Waals surface area contributed by atoms with Crippen LogP contribution in [0.25, 0.3) is 22.3 Å². The molecule has 0 spiro atoms. The molecule has 0 amide bonds. The number of benzene rings is 2. The van der Waals surface area contributed by atoms with Crippen LogP contribution in [0.3, 0.4) is 0 Å². The molecule has 3 rings (SSSR count). The standard InChI is InChI=1S/C15H8BrClF2N2/c1-7-4-9(12(19)6-11(7)18)15-20-13-3-2-8(16)5-10(13)14(17)21-15/h2-6H,1H3. The van der Waals surface area contributed by atoms with E-state index in [9.17, 15) is 8.78 Å². The minimum atomic E-state index is -0.717. The normalized spacial score (nSPS) is 11.1. The average molecular weight is 370 g/mol. The summed E-state index contributed by atoms with van der Waals surface area (Å²) in [4.78, 5) is 8.42. The number of aryl methyl sites for hydroxylation is 1. The van der Waals surface area contributed by atoms with Crippen LogP contribution in [0, 0.1) is 18.6 Å². The van der Waals surface area contributed by atoms with E-state index in [0.717, 1.165) is 10.5 Å².